The van der Waals surface area contributed by atoms with Crippen LogP contribution in [0.2, 0.25) is 10.0 Å². The number of hydrogen-bond acceptors (Lipinski definition) is 2. The van der Waals surface area contributed by atoms with Crippen LogP contribution in [0, 0.1) is 5.82 Å². The van der Waals surface area contributed by atoms with E-state index in [0.29, 0.717) is 0 Å². The van der Waals surface area contributed by atoms with Crippen molar-refractivity contribution in [1.82, 2.24) is 0 Å². The summed E-state index contributed by atoms with van der Waals surface area (Å²) in [6.45, 7) is 0. The van der Waals surface area contributed by atoms with Crippen LogP contribution in [0.1, 0.15) is 20.7 Å². The molecule has 0 spiro atoms. The van der Waals surface area contributed by atoms with E-state index in [4.69, 9.17) is 28.3 Å². The molecule has 0 aromatic heterocycles. The Hall–Kier alpha value is -2.11. The predicted molar refractivity (Wildman–Crippen MR) is 77.8 cm³/mol. The maximum Gasteiger partial charge on any atom is 0.337 e. The summed E-state index contributed by atoms with van der Waals surface area (Å²) in [5, 5.41) is 11.1. The smallest absolute Gasteiger partial charge is 0.337 e. The molecule has 4 nitrogen and oxygen atoms in total. The zero-order valence-corrected chi connectivity index (χ0v) is 11.9. The molecule has 0 heterocycles. The van der Waals surface area contributed by atoms with Gasteiger partial charge in [-0.3, -0.25) is 4.79 Å². The molecule has 1 amide bonds. The summed E-state index contributed by atoms with van der Waals surface area (Å²) in [6.07, 6.45) is 0. The van der Waals surface area contributed by atoms with Gasteiger partial charge >= 0.3 is 5.97 Å². The quantitative estimate of drug-likeness (QED) is 0.892. The van der Waals surface area contributed by atoms with Crippen LogP contribution in [-0.4, -0.2) is 17.0 Å². The second-order valence-electron chi connectivity index (χ2n) is 4.06. The Kier molecular flexibility index (Phi) is 4.45. The number of halogens is 3. The van der Waals surface area contributed by atoms with E-state index >= 15 is 0 Å². The number of carbonyl (C=O) groups is 2. The lowest BCUT2D eigenvalue weighted by molar-refractivity contribution is 0.0697. The second-order valence-corrected chi connectivity index (χ2v) is 4.87. The zero-order valence-electron chi connectivity index (χ0n) is 10.4. The van der Waals surface area contributed by atoms with Gasteiger partial charge in [0.15, 0.2) is 5.82 Å². The Morgan fingerprint density at radius 1 is 1.05 bits per heavy atom. The molecule has 7 heteroatoms. The molecule has 0 aliphatic rings. The molecule has 0 atom stereocenters. The molecule has 0 radical (unpaired) electrons. The first-order valence-electron chi connectivity index (χ1n) is 5.68. The highest BCUT2D eigenvalue weighted by Crippen LogP contribution is 2.23. The van der Waals surface area contributed by atoms with E-state index in [1.165, 1.54) is 36.4 Å². The first kappa shape index (κ1) is 15.3. The predicted octanol–water partition coefficient (Wildman–Crippen LogP) is 4.08. The summed E-state index contributed by atoms with van der Waals surface area (Å²) in [4.78, 5) is 22.8. The van der Waals surface area contributed by atoms with Crippen molar-refractivity contribution in [3.63, 3.8) is 0 Å². The van der Waals surface area contributed by atoms with Crippen LogP contribution in [0.5, 0.6) is 0 Å². The molecule has 2 rings (SSSR count). The second kappa shape index (κ2) is 6.11. The molecular weight excluding hydrogens is 320 g/mol. The van der Waals surface area contributed by atoms with Gasteiger partial charge in [0.05, 0.1) is 21.2 Å². The van der Waals surface area contributed by atoms with Crippen LogP contribution in [0.25, 0.3) is 0 Å². The molecule has 108 valence electrons. The Morgan fingerprint density at radius 2 is 1.76 bits per heavy atom. The summed E-state index contributed by atoms with van der Waals surface area (Å²) in [6, 6.07) is 7.92. The molecule has 0 fully saturated rings. The van der Waals surface area contributed by atoms with Gasteiger partial charge in [0.25, 0.3) is 5.91 Å². The fourth-order valence-electron chi connectivity index (χ4n) is 1.64. The highest BCUT2D eigenvalue weighted by molar-refractivity contribution is 6.34. The number of aromatic carboxylic acids is 1. The fraction of sp³-hybridized carbons (Fsp3) is 0. The van der Waals surface area contributed by atoms with Crippen molar-refractivity contribution in [3.8, 4) is 0 Å². The van der Waals surface area contributed by atoms with Gasteiger partial charge in [-0.1, -0.05) is 29.3 Å². The zero-order chi connectivity index (χ0) is 15.6. The van der Waals surface area contributed by atoms with Gasteiger partial charge in [0.2, 0.25) is 0 Å². The Balaban J connectivity index is 2.26. The van der Waals surface area contributed by atoms with E-state index in [2.05, 4.69) is 5.32 Å². The molecule has 2 N–H and O–H groups in total. The average Bonchev–Trinajstić information content (AvgIpc) is 2.41. The first-order chi connectivity index (χ1) is 9.90. The van der Waals surface area contributed by atoms with Gasteiger partial charge in [-0.25, -0.2) is 9.18 Å². The van der Waals surface area contributed by atoms with Crippen molar-refractivity contribution in [2.45, 2.75) is 0 Å². The van der Waals surface area contributed by atoms with Gasteiger partial charge in [0.1, 0.15) is 0 Å². The molecule has 0 saturated carbocycles. The molecule has 0 bridgehead atoms. The SMILES string of the molecule is O=C(O)c1ccc(NC(=O)c2cccc(Cl)c2F)cc1Cl. The maximum atomic E-state index is 13.7. The number of carboxylic acids is 1. The van der Waals surface area contributed by atoms with Crippen LogP contribution < -0.4 is 5.32 Å². The minimum Gasteiger partial charge on any atom is -0.478 e. The van der Waals surface area contributed by atoms with Crippen molar-refractivity contribution < 1.29 is 19.1 Å². The minimum absolute atomic E-state index is 0.0353. The fourth-order valence-corrected chi connectivity index (χ4v) is 2.08. The van der Waals surface area contributed by atoms with E-state index < -0.39 is 17.7 Å². The third kappa shape index (κ3) is 3.32. The Labute approximate surface area is 129 Å². The Morgan fingerprint density at radius 3 is 2.38 bits per heavy atom. The Bertz CT molecular complexity index is 734. The van der Waals surface area contributed by atoms with Gasteiger partial charge in [-0.2, -0.15) is 0 Å². The van der Waals surface area contributed by atoms with Crippen LogP contribution in [-0.2, 0) is 0 Å². The van der Waals surface area contributed by atoms with Gasteiger partial charge < -0.3 is 10.4 Å². The number of hydrogen-bond donors (Lipinski definition) is 2. The molecule has 0 unspecified atom stereocenters. The van der Waals surface area contributed by atoms with Crippen molar-refractivity contribution in [2.75, 3.05) is 5.32 Å². The monoisotopic (exact) mass is 327 g/mol. The molecule has 2 aromatic rings. The summed E-state index contributed by atoms with van der Waals surface area (Å²) in [7, 11) is 0. The van der Waals surface area contributed by atoms with Crippen LogP contribution in [0.15, 0.2) is 36.4 Å². The van der Waals surface area contributed by atoms with E-state index in [1.54, 1.807) is 0 Å². The first-order valence-corrected chi connectivity index (χ1v) is 6.44. The van der Waals surface area contributed by atoms with Gasteiger partial charge in [0, 0.05) is 5.69 Å². The largest absolute Gasteiger partial charge is 0.478 e. The third-order valence-corrected chi connectivity index (χ3v) is 3.26. The summed E-state index contributed by atoms with van der Waals surface area (Å²) in [5.41, 5.74) is -0.0705. The molecular formula is C14H8Cl2FNO3. The average molecular weight is 328 g/mol. The molecule has 0 saturated heterocycles. The molecule has 21 heavy (non-hydrogen) atoms. The number of amides is 1. The standard InChI is InChI=1S/C14H8Cl2FNO3/c15-10-3-1-2-9(12(10)17)13(19)18-7-4-5-8(14(20)21)11(16)6-7/h1-6H,(H,18,19)(H,20,21). The van der Waals surface area contributed by atoms with Crippen LogP contribution >= 0.6 is 23.2 Å². The normalized spacial score (nSPS) is 10.2. The summed E-state index contributed by atoms with van der Waals surface area (Å²) < 4.78 is 13.7. The number of carboxylic acid groups (broad SMARTS) is 1. The lowest BCUT2D eigenvalue weighted by Gasteiger charge is -2.08. The van der Waals surface area contributed by atoms with Crippen molar-refractivity contribution in [3.05, 3.63) is 63.4 Å². The number of benzene rings is 2. The molecule has 0 aliphatic heterocycles. The van der Waals surface area contributed by atoms with Gasteiger partial charge in [-0.05, 0) is 30.3 Å². The van der Waals surface area contributed by atoms with E-state index in [1.807, 2.05) is 0 Å². The lowest BCUT2D eigenvalue weighted by Crippen LogP contribution is -2.14. The number of rotatable bonds is 3. The summed E-state index contributed by atoms with van der Waals surface area (Å²) in [5.74, 6) is -2.72. The number of carbonyl (C=O) groups excluding carboxylic acids is 1. The minimum atomic E-state index is -1.18. The van der Waals surface area contributed by atoms with Gasteiger partial charge in [-0.15, -0.1) is 0 Å². The number of nitrogens with one attached hydrogen (secondary N) is 1. The lowest BCUT2D eigenvalue weighted by atomic mass is 10.1. The van der Waals surface area contributed by atoms with Crippen molar-refractivity contribution in [2.24, 2.45) is 0 Å². The molecule has 2 aromatic carbocycles. The third-order valence-electron chi connectivity index (χ3n) is 2.65. The van der Waals surface area contributed by atoms with Crippen LogP contribution in [0.3, 0.4) is 0 Å². The highest BCUT2D eigenvalue weighted by atomic mass is 35.5. The summed E-state index contributed by atoms with van der Waals surface area (Å²) >= 11 is 11.4. The highest BCUT2D eigenvalue weighted by Gasteiger charge is 2.15. The van der Waals surface area contributed by atoms with E-state index in [9.17, 15) is 14.0 Å². The maximum absolute atomic E-state index is 13.7. The van der Waals surface area contributed by atoms with Crippen molar-refractivity contribution in [1.29, 1.82) is 0 Å². The number of anilines is 1. The van der Waals surface area contributed by atoms with Crippen LogP contribution in [0.4, 0.5) is 10.1 Å². The van der Waals surface area contributed by atoms with E-state index in [0.717, 1.165) is 0 Å². The van der Waals surface area contributed by atoms with E-state index in [-0.39, 0.29) is 26.9 Å². The molecule has 0 aliphatic carbocycles. The van der Waals surface area contributed by atoms with Crippen molar-refractivity contribution >= 4 is 40.8 Å². The topological polar surface area (TPSA) is 66.4 Å².